The summed E-state index contributed by atoms with van der Waals surface area (Å²) in [5.74, 6) is -4.84. The van der Waals surface area contributed by atoms with Crippen LogP contribution >= 0.6 is 0 Å². The van der Waals surface area contributed by atoms with Crippen molar-refractivity contribution in [1.29, 1.82) is 0 Å². The number of nitrogens with one attached hydrogen (secondary N) is 2. The van der Waals surface area contributed by atoms with Gasteiger partial charge in [0.25, 0.3) is 11.8 Å². The Labute approximate surface area is 159 Å². The molecule has 0 aliphatic carbocycles. The lowest BCUT2D eigenvalue weighted by Gasteiger charge is -2.10. The smallest absolute Gasteiger partial charge is 0.258 e. The average Bonchev–Trinajstić information content (AvgIpc) is 2.69. The van der Waals surface area contributed by atoms with E-state index in [4.69, 9.17) is 9.47 Å². The molecule has 2 N–H and O–H groups in total. The molecular weight excluding hydrogens is 377 g/mol. The van der Waals surface area contributed by atoms with Crippen molar-refractivity contribution in [2.24, 2.45) is 0 Å². The monoisotopic (exact) mass is 396 g/mol. The lowest BCUT2D eigenvalue weighted by Crippen LogP contribution is -2.37. The van der Waals surface area contributed by atoms with Crippen molar-refractivity contribution in [3.8, 4) is 11.5 Å². The fraction of sp³-hybridized carbons (Fsp3) is 0.263. The van der Waals surface area contributed by atoms with Crippen molar-refractivity contribution in [2.45, 2.75) is 6.92 Å². The van der Waals surface area contributed by atoms with Crippen LogP contribution in [0.25, 0.3) is 0 Å². The molecule has 0 saturated heterocycles. The van der Waals surface area contributed by atoms with Crippen LogP contribution in [0.4, 0.5) is 13.2 Å². The number of carbonyl (C=O) groups is 2. The van der Waals surface area contributed by atoms with Crippen LogP contribution in [0.2, 0.25) is 0 Å². The van der Waals surface area contributed by atoms with Gasteiger partial charge in [-0.15, -0.1) is 0 Å². The molecule has 0 heterocycles. The first kappa shape index (κ1) is 21.1. The second-order valence-electron chi connectivity index (χ2n) is 5.52. The third-order valence-electron chi connectivity index (χ3n) is 3.52. The molecule has 0 radical (unpaired) electrons. The minimum Gasteiger partial charge on any atom is -0.494 e. The Hall–Kier alpha value is -3.23. The third-order valence-corrected chi connectivity index (χ3v) is 3.52. The zero-order chi connectivity index (χ0) is 20.5. The van der Waals surface area contributed by atoms with E-state index in [9.17, 15) is 22.8 Å². The first-order chi connectivity index (χ1) is 13.4. The molecule has 0 spiro atoms. The van der Waals surface area contributed by atoms with E-state index in [2.05, 4.69) is 10.6 Å². The first-order valence-corrected chi connectivity index (χ1v) is 8.46. The highest BCUT2D eigenvalue weighted by Crippen LogP contribution is 2.17. The number of carbonyl (C=O) groups excluding carboxylic acids is 2. The quantitative estimate of drug-likeness (QED) is 0.504. The van der Waals surface area contributed by atoms with Crippen molar-refractivity contribution in [3.05, 3.63) is 59.4 Å². The van der Waals surface area contributed by atoms with Gasteiger partial charge >= 0.3 is 0 Å². The van der Waals surface area contributed by atoms with Gasteiger partial charge in [-0.3, -0.25) is 9.59 Å². The van der Waals surface area contributed by atoms with Crippen LogP contribution in [0.15, 0.2) is 36.4 Å². The number of halogens is 3. The van der Waals surface area contributed by atoms with E-state index in [-0.39, 0.29) is 19.7 Å². The van der Waals surface area contributed by atoms with E-state index in [1.165, 1.54) is 0 Å². The van der Waals surface area contributed by atoms with Crippen molar-refractivity contribution < 1.29 is 32.2 Å². The van der Waals surface area contributed by atoms with E-state index in [1.54, 1.807) is 24.3 Å². The molecule has 9 heteroatoms. The van der Waals surface area contributed by atoms with Gasteiger partial charge in [-0.05, 0) is 43.3 Å². The summed E-state index contributed by atoms with van der Waals surface area (Å²) in [6, 6.07) is 8.25. The number of hydrogen-bond donors (Lipinski definition) is 2. The summed E-state index contributed by atoms with van der Waals surface area (Å²) in [7, 11) is 0. The fourth-order valence-electron chi connectivity index (χ4n) is 2.17. The van der Waals surface area contributed by atoms with E-state index >= 15 is 0 Å². The molecule has 0 aromatic heterocycles. The fourth-order valence-corrected chi connectivity index (χ4v) is 2.17. The molecule has 6 nitrogen and oxygen atoms in total. The van der Waals surface area contributed by atoms with Gasteiger partial charge in [0.1, 0.15) is 11.5 Å². The summed E-state index contributed by atoms with van der Waals surface area (Å²) < 4.78 is 50.1. The largest absolute Gasteiger partial charge is 0.494 e. The van der Waals surface area contributed by atoms with Gasteiger partial charge in [0.2, 0.25) is 0 Å². The maximum atomic E-state index is 13.5. The standard InChI is InChI=1S/C19H19F3N2O4/c1-2-27-12-3-5-13(6-4-12)28-11-16(25)23-9-10-24-19(26)14-7-8-15(20)18(22)17(14)21/h3-8H,2,9-11H2,1H3,(H,23,25)(H,24,26). The Balaban J connectivity index is 1.69. The molecule has 0 unspecified atom stereocenters. The SMILES string of the molecule is CCOc1ccc(OCC(=O)NCCNC(=O)c2ccc(F)c(F)c2F)cc1. The maximum absolute atomic E-state index is 13.5. The lowest BCUT2D eigenvalue weighted by molar-refractivity contribution is -0.123. The van der Waals surface area contributed by atoms with Crippen molar-refractivity contribution >= 4 is 11.8 Å². The highest BCUT2D eigenvalue weighted by atomic mass is 19.2. The molecule has 150 valence electrons. The molecule has 2 amide bonds. The zero-order valence-electron chi connectivity index (χ0n) is 15.1. The molecule has 0 aliphatic heterocycles. The van der Waals surface area contributed by atoms with Gasteiger partial charge in [-0.1, -0.05) is 0 Å². The van der Waals surface area contributed by atoms with E-state index < -0.39 is 34.8 Å². The minimum atomic E-state index is -1.72. The molecular formula is C19H19F3N2O4. The van der Waals surface area contributed by atoms with Crippen LogP contribution in [0.5, 0.6) is 11.5 Å². The number of rotatable bonds is 9. The molecule has 2 aromatic carbocycles. The number of ether oxygens (including phenoxy) is 2. The Morgan fingerprint density at radius 3 is 2.11 bits per heavy atom. The van der Waals surface area contributed by atoms with Crippen molar-refractivity contribution in [1.82, 2.24) is 10.6 Å². The molecule has 0 atom stereocenters. The number of amides is 2. The second-order valence-corrected chi connectivity index (χ2v) is 5.52. The average molecular weight is 396 g/mol. The zero-order valence-corrected chi connectivity index (χ0v) is 15.1. The second kappa shape index (κ2) is 10.2. The maximum Gasteiger partial charge on any atom is 0.258 e. The summed E-state index contributed by atoms with van der Waals surface area (Å²) in [6.45, 7) is 2.18. The van der Waals surface area contributed by atoms with E-state index in [0.29, 0.717) is 24.2 Å². The molecule has 0 saturated carbocycles. The Morgan fingerprint density at radius 2 is 1.46 bits per heavy atom. The summed E-state index contributed by atoms with van der Waals surface area (Å²) in [6.07, 6.45) is 0. The van der Waals surface area contributed by atoms with E-state index in [1.807, 2.05) is 6.92 Å². The predicted octanol–water partition coefficient (Wildman–Crippen LogP) is 2.43. The highest BCUT2D eigenvalue weighted by molar-refractivity contribution is 5.94. The number of hydrogen-bond acceptors (Lipinski definition) is 4. The Morgan fingerprint density at radius 1 is 0.857 bits per heavy atom. The van der Waals surface area contributed by atoms with Crippen LogP contribution < -0.4 is 20.1 Å². The molecule has 0 fully saturated rings. The molecule has 2 rings (SSSR count). The summed E-state index contributed by atoms with van der Waals surface area (Å²) >= 11 is 0. The highest BCUT2D eigenvalue weighted by Gasteiger charge is 2.18. The third kappa shape index (κ3) is 5.90. The van der Waals surface area contributed by atoms with Gasteiger partial charge in [-0.25, -0.2) is 13.2 Å². The van der Waals surface area contributed by atoms with Gasteiger partial charge < -0.3 is 20.1 Å². The molecule has 0 bridgehead atoms. The molecule has 0 aliphatic rings. The Kier molecular flexibility index (Phi) is 7.67. The van der Waals surface area contributed by atoms with Gasteiger partial charge in [0.15, 0.2) is 24.1 Å². The molecule has 2 aromatic rings. The van der Waals surface area contributed by atoms with Crippen LogP contribution in [0.3, 0.4) is 0 Å². The van der Waals surface area contributed by atoms with Crippen molar-refractivity contribution in [3.63, 3.8) is 0 Å². The van der Waals surface area contributed by atoms with Gasteiger partial charge in [-0.2, -0.15) is 0 Å². The number of benzene rings is 2. The van der Waals surface area contributed by atoms with Crippen LogP contribution in [-0.4, -0.2) is 38.1 Å². The lowest BCUT2D eigenvalue weighted by atomic mass is 10.2. The predicted molar refractivity (Wildman–Crippen MR) is 94.8 cm³/mol. The normalized spacial score (nSPS) is 10.3. The van der Waals surface area contributed by atoms with Crippen LogP contribution in [0.1, 0.15) is 17.3 Å². The van der Waals surface area contributed by atoms with Gasteiger partial charge in [0, 0.05) is 13.1 Å². The molecule has 28 heavy (non-hydrogen) atoms. The topological polar surface area (TPSA) is 76.7 Å². The minimum absolute atomic E-state index is 0.0357. The Bertz CT molecular complexity index is 829. The van der Waals surface area contributed by atoms with Crippen LogP contribution in [-0.2, 0) is 4.79 Å². The summed E-state index contributed by atoms with van der Waals surface area (Å²) in [5, 5.41) is 4.79. The van der Waals surface area contributed by atoms with E-state index in [0.717, 1.165) is 6.07 Å². The summed E-state index contributed by atoms with van der Waals surface area (Å²) in [5.41, 5.74) is -0.621. The van der Waals surface area contributed by atoms with Crippen molar-refractivity contribution in [2.75, 3.05) is 26.3 Å². The van der Waals surface area contributed by atoms with Crippen LogP contribution in [0, 0.1) is 17.5 Å². The first-order valence-electron chi connectivity index (χ1n) is 8.46. The van der Waals surface area contributed by atoms with Gasteiger partial charge in [0.05, 0.1) is 12.2 Å². The summed E-state index contributed by atoms with van der Waals surface area (Å²) in [4.78, 5) is 23.5.